The van der Waals surface area contributed by atoms with E-state index < -0.39 is 0 Å². The van der Waals surface area contributed by atoms with Crippen LogP contribution in [-0.4, -0.2) is 22.4 Å². The van der Waals surface area contributed by atoms with Gasteiger partial charge in [0.25, 0.3) is 17.4 Å². The number of carbonyl (C=O) groups excluding carboxylic acids is 2. The van der Waals surface area contributed by atoms with Crippen molar-refractivity contribution in [2.24, 2.45) is 0 Å². The van der Waals surface area contributed by atoms with Crippen molar-refractivity contribution in [3.8, 4) is 0 Å². The summed E-state index contributed by atoms with van der Waals surface area (Å²) in [4.78, 5) is 37.7. The Morgan fingerprint density at radius 3 is 2.39 bits per heavy atom. The van der Waals surface area contributed by atoms with Gasteiger partial charge in [0.15, 0.2) is 0 Å². The predicted octanol–water partition coefficient (Wildman–Crippen LogP) is 3.91. The average Bonchev–Trinajstić information content (AvgIpc) is 3.59. The molecule has 1 unspecified atom stereocenters. The van der Waals surface area contributed by atoms with Gasteiger partial charge in [0.2, 0.25) is 0 Å². The van der Waals surface area contributed by atoms with Crippen LogP contribution in [0.3, 0.4) is 0 Å². The van der Waals surface area contributed by atoms with E-state index in [-0.39, 0.29) is 29.5 Å². The molecule has 0 bridgehead atoms. The molecule has 0 radical (unpaired) electrons. The van der Waals surface area contributed by atoms with E-state index in [1.54, 1.807) is 22.9 Å². The number of anilines is 1. The number of aromatic nitrogens is 1. The normalized spacial score (nSPS) is 14.0. The Bertz CT molecular complexity index is 1180. The van der Waals surface area contributed by atoms with E-state index >= 15 is 0 Å². The van der Waals surface area contributed by atoms with E-state index in [0.717, 1.165) is 24.0 Å². The number of amides is 2. The SMILES string of the molecule is Cc1ccc(C(=O)NC2CC2)cc1NC(=O)c1ccc(=O)n(C(C)c2ccccc2)c1. The number of rotatable bonds is 6. The Labute approximate surface area is 180 Å². The molecule has 0 saturated heterocycles. The molecule has 2 aromatic carbocycles. The lowest BCUT2D eigenvalue weighted by molar-refractivity contribution is 0.0949. The Hall–Kier alpha value is -3.67. The largest absolute Gasteiger partial charge is 0.349 e. The van der Waals surface area contributed by atoms with Crippen LogP contribution in [-0.2, 0) is 0 Å². The number of pyridine rings is 1. The van der Waals surface area contributed by atoms with Gasteiger partial charge in [0, 0.05) is 29.6 Å². The van der Waals surface area contributed by atoms with E-state index in [1.165, 1.54) is 12.1 Å². The average molecular weight is 415 g/mol. The molecule has 6 heteroatoms. The minimum absolute atomic E-state index is 0.136. The second-order valence-corrected chi connectivity index (χ2v) is 7.98. The third-order valence-corrected chi connectivity index (χ3v) is 5.56. The Morgan fingerprint density at radius 1 is 0.968 bits per heavy atom. The molecule has 1 heterocycles. The number of hydrogen-bond donors (Lipinski definition) is 2. The molecule has 1 aliphatic carbocycles. The molecule has 3 aromatic rings. The molecule has 31 heavy (non-hydrogen) atoms. The fraction of sp³-hybridized carbons (Fsp3) is 0.240. The maximum Gasteiger partial charge on any atom is 0.257 e. The lowest BCUT2D eigenvalue weighted by atomic mass is 10.1. The first-order chi connectivity index (χ1) is 14.9. The molecule has 6 nitrogen and oxygen atoms in total. The van der Waals surface area contributed by atoms with Crippen molar-refractivity contribution < 1.29 is 9.59 Å². The van der Waals surface area contributed by atoms with E-state index in [1.807, 2.05) is 50.2 Å². The summed E-state index contributed by atoms with van der Waals surface area (Å²) in [5.41, 5.74) is 3.10. The van der Waals surface area contributed by atoms with Gasteiger partial charge < -0.3 is 15.2 Å². The van der Waals surface area contributed by atoms with Gasteiger partial charge in [-0.3, -0.25) is 14.4 Å². The topological polar surface area (TPSA) is 80.2 Å². The lowest BCUT2D eigenvalue weighted by Gasteiger charge is -2.17. The summed E-state index contributed by atoms with van der Waals surface area (Å²) in [5.74, 6) is -0.472. The van der Waals surface area contributed by atoms with Gasteiger partial charge in [0.1, 0.15) is 0 Å². The van der Waals surface area contributed by atoms with Crippen LogP contribution in [0.4, 0.5) is 5.69 Å². The summed E-state index contributed by atoms with van der Waals surface area (Å²) in [7, 11) is 0. The number of carbonyl (C=O) groups is 2. The standard InChI is InChI=1S/C25H25N3O3/c1-16-8-9-19(24(30)26-21-11-12-21)14-22(16)27-25(31)20-10-13-23(29)28(15-20)17(2)18-6-4-3-5-7-18/h3-10,13-15,17,21H,11-12H2,1-2H3,(H,26,30)(H,27,31). The highest BCUT2D eigenvalue weighted by atomic mass is 16.2. The molecule has 1 aliphatic rings. The van der Waals surface area contributed by atoms with Gasteiger partial charge in [-0.15, -0.1) is 0 Å². The zero-order chi connectivity index (χ0) is 22.0. The molecule has 1 atom stereocenters. The van der Waals surface area contributed by atoms with Crippen LogP contribution in [0.1, 0.15) is 57.7 Å². The summed E-state index contributed by atoms with van der Waals surface area (Å²) in [6.45, 7) is 3.79. The fourth-order valence-corrected chi connectivity index (χ4v) is 3.42. The second kappa shape index (κ2) is 8.60. The highest BCUT2D eigenvalue weighted by molar-refractivity contribution is 6.05. The highest BCUT2D eigenvalue weighted by Crippen LogP contribution is 2.22. The molecule has 2 amide bonds. The maximum absolute atomic E-state index is 12.9. The molecular weight excluding hydrogens is 390 g/mol. The number of aryl methyl sites for hydroxylation is 1. The smallest absolute Gasteiger partial charge is 0.257 e. The number of nitrogens with one attached hydrogen (secondary N) is 2. The van der Waals surface area contributed by atoms with E-state index in [4.69, 9.17) is 0 Å². The van der Waals surface area contributed by atoms with Crippen molar-refractivity contribution in [2.45, 2.75) is 38.8 Å². The van der Waals surface area contributed by atoms with Gasteiger partial charge in [-0.25, -0.2) is 0 Å². The van der Waals surface area contributed by atoms with Gasteiger partial charge in [-0.05, 0) is 56.0 Å². The first-order valence-electron chi connectivity index (χ1n) is 10.4. The monoisotopic (exact) mass is 415 g/mol. The number of hydrogen-bond acceptors (Lipinski definition) is 3. The summed E-state index contributed by atoms with van der Waals surface area (Å²) < 4.78 is 1.55. The van der Waals surface area contributed by atoms with Crippen molar-refractivity contribution in [2.75, 3.05) is 5.32 Å². The zero-order valence-electron chi connectivity index (χ0n) is 17.6. The molecular formula is C25H25N3O3. The van der Waals surface area contributed by atoms with Crippen LogP contribution < -0.4 is 16.2 Å². The summed E-state index contributed by atoms with van der Waals surface area (Å²) >= 11 is 0. The third kappa shape index (κ3) is 4.74. The van der Waals surface area contributed by atoms with Crippen LogP contribution in [0, 0.1) is 6.92 Å². The fourth-order valence-electron chi connectivity index (χ4n) is 3.42. The second-order valence-electron chi connectivity index (χ2n) is 7.98. The van der Waals surface area contributed by atoms with Gasteiger partial charge in [-0.2, -0.15) is 0 Å². The maximum atomic E-state index is 12.9. The van der Waals surface area contributed by atoms with Crippen LogP contribution >= 0.6 is 0 Å². The van der Waals surface area contributed by atoms with Crippen LogP contribution in [0.15, 0.2) is 71.7 Å². The van der Waals surface area contributed by atoms with Crippen molar-refractivity contribution >= 4 is 17.5 Å². The van der Waals surface area contributed by atoms with E-state index in [2.05, 4.69) is 10.6 Å². The summed E-state index contributed by atoms with van der Waals surface area (Å²) in [5, 5.41) is 5.84. The summed E-state index contributed by atoms with van der Waals surface area (Å²) in [6, 6.07) is 17.9. The van der Waals surface area contributed by atoms with Gasteiger partial charge >= 0.3 is 0 Å². The minimum Gasteiger partial charge on any atom is -0.349 e. The summed E-state index contributed by atoms with van der Waals surface area (Å²) in [6.07, 6.45) is 3.60. The van der Waals surface area contributed by atoms with Crippen LogP contribution in [0.25, 0.3) is 0 Å². The van der Waals surface area contributed by atoms with E-state index in [9.17, 15) is 14.4 Å². The first-order valence-corrected chi connectivity index (χ1v) is 10.4. The van der Waals surface area contributed by atoms with Gasteiger partial charge in [0.05, 0.1) is 11.6 Å². The molecule has 0 spiro atoms. The molecule has 1 saturated carbocycles. The molecule has 4 rings (SSSR count). The molecule has 2 N–H and O–H groups in total. The molecule has 0 aliphatic heterocycles. The molecule has 1 aromatic heterocycles. The predicted molar refractivity (Wildman–Crippen MR) is 121 cm³/mol. The zero-order valence-corrected chi connectivity index (χ0v) is 17.6. The van der Waals surface area contributed by atoms with Gasteiger partial charge in [-0.1, -0.05) is 36.4 Å². The Kier molecular flexibility index (Phi) is 5.71. The number of nitrogens with zero attached hydrogens (tertiary/aromatic N) is 1. The van der Waals surface area contributed by atoms with Crippen molar-refractivity contribution in [1.29, 1.82) is 0 Å². The van der Waals surface area contributed by atoms with Crippen molar-refractivity contribution in [3.63, 3.8) is 0 Å². The van der Waals surface area contributed by atoms with E-state index in [0.29, 0.717) is 16.8 Å². The minimum atomic E-state index is -0.336. The Morgan fingerprint density at radius 2 is 1.68 bits per heavy atom. The van der Waals surface area contributed by atoms with Crippen molar-refractivity contribution in [1.82, 2.24) is 9.88 Å². The quantitative estimate of drug-likeness (QED) is 0.641. The van der Waals surface area contributed by atoms with Crippen molar-refractivity contribution in [3.05, 3.63) is 99.5 Å². The molecule has 158 valence electrons. The third-order valence-electron chi connectivity index (χ3n) is 5.56. The highest BCUT2D eigenvalue weighted by Gasteiger charge is 2.24. The van der Waals surface area contributed by atoms with Crippen LogP contribution in [0.5, 0.6) is 0 Å². The Balaban J connectivity index is 1.56. The number of benzene rings is 2. The van der Waals surface area contributed by atoms with Crippen LogP contribution in [0.2, 0.25) is 0 Å². The lowest BCUT2D eigenvalue weighted by Crippen LogP contribution is -2.26. The first kappa shape index (κ1) is 20.6. The molecule has 1 fully saturated rings.